The first-order valence-corrected chi connectivity index (χ1v) is 7.85. The van der Waals surface area contributed by atoms with E-state index in [2.05, 4.69) is 15.4 Å². The van der Waals surface area contributed by atoms with Crippen molar-refractivity contribution in [2.45, 2.75) is 51.4 Å². The molecule has 4 saturated carbocycles. The van der Waals surface area contributed by atoms with Gasteiger partial charge >= 0.3 is 0 Å². The molecule has 5 nitrogen and oxygen atoms in total. The number of tetrazole rings is 1. The van der Waals surface area contributed by atoms with Gasteiger partial charge in [-0.2, -0.15) is 4.80 Å². The van der Waals surface area contributed by atoms with Crippen molar-refractivity contribution in [3.63, 3.8) is 0 Å². The third kappa shape index (κ3) is 2.17. The first kappa shape index (κ1) is 12.5. The number of Topliss-reactive ketones (excluding diaryl/α,β-unsaturated/α-hetero) is 1. The van der Waals surface area contributed by atoms with Gasteiger partial charge in [0.05, 0.1) is 13.5 Å². The Balaban J connectivity index is 1.44. The van der Waals surface area contributed by atoms with Gasteiger partial charge in [-0.25, -0.2) is 0 Å². The summed E-state index contributed by atoms with van der Waals surface area (Å²) in [6, 6.07) is 0. The average Bonchev–Trinajstić information content (AvgIpc) is 2.71. The van der Waals surface area contributed by atoms with E-state index in [0.29, 0.717) is 23.4 Å². The maximum absolute atomic E-state index is 12.4. The summed E-state index contributed by atoms with van der Waals surface area (Å²) in [4.78, 5) is 13.8. The predicted molar refractivity (Wildman–Crippen MR) is 72.7 cm³/mol. The van der Waals surface area contributed by atoms with Crippen molar-refractivity contribution >= 4 is 5.78 Å². The van der Waals surface area contributed by atoms with E-state index >= 15 is 0 Å². The van der Waals surface area contributed by atoms with Gasteiger partial charge in [-0.15, -0.1) is 10.2 Å². The molecule has 0 N–H and O–H groups in total. The molecule has 4 bridgehead atoms. The number of carbonyl (C=O) groups excluding carboxylic acids is 1. The van der Waals surface area contributed by atoms with Gasteiger partial charge in [-0.3, -0.25) is 4.79 Å². The van der Waals surface area contributed by atoms with E-state index < -0.39 is 0 Å². The molecule has 0 atom stereocenters. The van der Waals surface area contributed by atoms with Crippen LogP contribution in [0.1, 0.15) is 50.8 Å². The molecule has 108 valence electrons. The number of aromatic nitrogens is 4. The van der Waals surface area contributed by atoms with Crippen molar-refractivity contribution in [2.24, 2.45) is 30.2 Å². The summed E-state index contributed by atoms with van der Waals surface area (Å²) in [6.07, 6.45) is 9.26. The van der Waals surface area contributed by atoms with E-state index in [0.717, 1.165) is 24.2 Å². The van der Waals surface area contributed by atoms with Crippen LogP contribution in [0.4, 0.5) is 0 Å². The molecule has 1 aromatic rings. The molecule has 0 unspecified atom stereocenters. The zero-order valence-electron chi connectivity index (χ0n) is 12.1. The molecule has 4 aliphatic rings. The topological polar surface area (TPSA) is 60.7 Å². The molecule has 0 spiro atoms. The molecule has 0 radical (unpaired) electrons. The van der Waals surface area contributed by atoms with Crippen LogP contribution in [0.25, 0.3) is 0 Å². The molecule has 0 aliphatic heterocycles. The lowest BCUT2D eigenvalue weighted by atomic mass is 9.48. The quantitative estimate of drug-likeness (QED) is 0.841. The third-order valence-corrected chi connectivity index (χ3v) is 5.64. The molecular formula is C15H22N4O. The van der Waals surface area contributed by atoms with E-state index in [9.17, 15) is 4.79 Å². The highest BCUT2D eigenvalue weighted by Gasteiger charge is 2.51. The Bertz CT molecular complexity index is 500. The van der Waals surface area contributed by atoms with Gasteiger partial charge in [-0.1, -0.05) is 0 Å². The van der Waals surface area contributed by atoms with Gasteiger partial charge in [0, 0.05) is 6.42 Å². The molecule has 4 fully saturated rings. The van der Waals surface area contributed by atoms with Crippen molar-refractivity contribution in [1.82, 2.24) is 20.2 Å². The van der Waals surface area contributed by atoms with Crippen LogP contribution in [-0.2, 0) is 18.3 Å². The Hall–Kier alpha value is -1.26. The van der Waals surface area contributed by atoms with E-state index in [1.54, 1.807) is 7.05 Å². The van der Waals surface area contributed by atoms with Crippen LogP contribution >= 0.6 is 0 Å². The smallest absolute Gasteiger partial charge is 0.182 e. The molecule has 20 heavy (non-hydrogen) atoms. The van der Waals surface area contributed by atoms with Crippen LogP contribution in [0.15, 0.2) is 0 Å². The Morgan fingerprint density at radius 2 is 1.80 bits per heavy atom. The number of hydrogen-bond donors (Lipinski definition) is 0. The first-order chi connectivity index (χ1) is 9.60. The van der Waals surface area contributed by atoms with Crippen molar-refractivity contribution < 1.29 is 4.79 Å². The van der Waals surface area contributed by atoms with Crippen molar-refractivity contribution in [3.05, 3.63) is 5.82 Å². The lowest BCUT2D eigenvalue weighted by Crippen LogP contribution is -2.47. The molecule has 5 heteroatoms. The molecule has 0 aromatic carbocycles. The van der Waals surface area contributed by atoms with Crippen LogP contribution in [0.5, 0.6) is 0 Å². The SMILES string of the molecule is Cn1nnc(CC(=O)CC23CC4CC(CC(C4)C2)C3)n1. The maximum Gasteiger partial charge on any atom is 0.182 e. The van der Waals surface area contributed by atoms with Crippen LogP contribution in [-0.4, -0.2) is 26.0 Å². The van der Waals surface area contributed by atoms with Gasteiger partial charge in [0.15, 0.2) is 5.82 Å². The summed E-state index contributed by atoms with van der Waals surface area (Å²) < 4.78 is 0. The molecule has 1 aromatic heterocycles. The van der Waals surface area contributed by atoms with E-state index in [1.165, 1.54) is 43.3 Å². The second kappa shape index (κ2) is 4.37. The van der Waals surface area contributed by atoms with Gasteiger partial charge in [-0.05, 0) is 66.9 Å². The van der Waals surface area contributed by atoms with E-state index in [1.807, 2.05) is 0 Å². The van der Waals surface area contributed by atoms with Gasteiger partial charge in [0.25, 0.3) is 0 Å². The lowest BCUT2D eigenvalue weighted by Gasteiger charge is -2.56. The summed E-state index contributed by atoms with van der Waals surface area (Å²) in [7, 11) is 1.74. The molecule has 1 heterocycles. The summed E-state index contributed by atoms with van der Waals surface area (Å²) in [6.45, 7) is 0. The first-order valence-electron chi connectivity index (χ1n) is 7.85. The second-order valence-electron chi connectivity index (χ2n) is 7.50. The van der Waals surface area contributed by atoms with Crippen LogP contribution in [0.2, 0.25) is 0 Å². The Labute approximate surface area is 119 Å². The molecular weight excluding hydrogens is 252 g/mol. The number of ketones is 1. The van der Waals surface area contributed by atoms with Crippen molar-refractivity contribution in [2.75, 3.05) is 0 Å². The summed E-state index contributed by atoms with van der Waals surface area (Å²) in [5.74, 6) is 3.60. The molecule has 5 rings (SSSR count). The Morgan fingerprint density at radius 1 is 1.20 bits per heavy atom. The fraction of sp³-hybridized carbons (Fsp3) is 0.867. The number of nitrogens with zero attached hydrogens (tertiary/aromatic N) is 4. The number of aryl methyl sites for hydroxylation is 1. The van der Waals surface area contributed by atoms with E-state index in [-0.39, 0.29) is 0 Å². The minimum Gasteiger partial charge on any atom is -0.299 e. The van der Waals surface area contributed by atoms with Crippen molar-refractivity contribution in [3.8, 4) is 0 Å². The van der Waals surface area contributed by atoms with Gasteiger partial charge in [0.2, 0.25) is 0 Å². The number of rotatable bonds is 4. The molecule has 4 aliphatic carbocycles. The third-order valence-electron chi connectivity index (χ3n) is 5.64. The number of carbonyl (C=O) groups is 1. The average molecular weight is 274 g/mol. The van der Waals surface area contributed by atoms with Gasteiger partial charge < -0.3 is 0 Å². The second-order valence-corrected chi connectivity index (χ2v) is 7.50. The highest BCUT2D eigenvalue weighted by atomic mass is 16.1. The Morgan fingerprint density at radius 3 is 2.30 bits per heavy atom. The van der Waals surface area contributed by atoms with Crippen molar-refractivity contribution in [1.29, 1.82) is 0 Å². The summed E-state index contributed by atoms with van der Waals surface area (Å²) >= 11 is 0. The maximum atomic E-state index is 12.4. The number of hydrogen-bond acceptors (Lipinski definition) is 4. The standard InChI is InChI=1S/C15H22N4O/c1-19-17-14(16-18-19)5-13(20)9-15-6-10-2-11(7-15)4-12(3-10)8-15/h10-12H,2-9H2,1H3. The lowest BCUT2D eigenvalue weighted by molar-refractivity contribution is -0.126. The minimum absolute atomic E-state index is 0.306. The van der Waals surface area contributed by atoms with Gasteiger partial charge in [0.1, 0.15) is 5.78 Å². The highest BCUT2D eigenvalue weighted by Crippen LogP contribution is 2.61. The van der Waals surface area contributed by atoms with Crippen LogP contribution in [0.3, 0.4) is 0 Å². The largest absolute Gasteiger partial charge is 0.299 e. The van der Waals surface area contributed by atoms with Crippen LogP contribution in [0, 0.1) is 23.2 Å². The zero-order chi connectivity index (χ0) is 13.7. The summed E-state index contributed by atoms with van der Waals surface area (Å²) in [5, 5.41) is 11.8. The Kier molecular flexibility index (Phi) is 2.72. The zero-order valence-corrected chi connectivity index (χ0v) is 12.1. The predicted octanol–water partition coefficient (Wildman–Crippen LogP) is 1.93. The fourth-order valence-corrected chi connectivity index (χ4v) is 5.56. The fourth-order valence-electron chi connectivity index (χ4n) is 5.56. The monoisotopic (exact) mass is 274 g/mol. The van der Waals surface area contributed by atoms with E-state index in [4.69, 9.17) is 0 Å². The normalized spacial score (nSPS) is 38.4. The van der Waals surface area contributed by atoms with Crippen LogP contribution < -0.4 is 0 Å². The highest BCUT2D eigenvalue weighted by molar-refractivity contribution is 5.80. The summed E-state index contributed by atoms with van der Waals surface area (Å²) in [5.41, 5.74) is 0.327. The molecule has 0 saturated heterocycles. The molecule has 0 amide bonds. The minimum atomic E-state index is 0.306.